The van der Waals surface area contributed by atoms with Crippen LogP contribution in [0.25, 0.3) is 0 Å². The van der Waals surface area contributed by atoms with E-state index >= 15 is 0 Å². The average molecular weight is 397 g/mol. The zero-order chi connectivity index (χ0) is 20.8. The van der Waals surface area contributed by atoms with Gasteiger partial charge in [-0.1, -0.05) is 6.92 Å². The zero-order valence-corrected chi connectivity index (χ0v) is 18.0. The Hall–Kier alpha value is -2.67. The number of carbonyl (C=O) groups excluding carboxylic acids is 1. The number of piperazine rings is 1. The Morgan fingerprint density at radius 3 is 2.45 bits per heavy atom. The van der Waals surface area contributed by atoms with Gasteiger partial charge in [0.05, 0.1) is 0 Å². The first-order valence-corrected chi connectivity index (χ1v) is 10.5. The van der Waals surface area contributed by atoms with E-state index in [1.807, 2.05) is 11.0 Å². The minimum Gasteiger partial charge on any atom is -0.372 e. The van der Waals surface area contributed by atoms with Crippen molar-refractivity contribution in [1.29, 1.82) is 0 Å². The number of likely N-dealkylation sites (N-methyl/N-ethyl adjacent to an activating group) is 1. The first kappa shape index (κ1) is 21.0. The number of anilines is 3. The highest BCUT2D eigenvalue weighted by Gasteiger charge is 2.22. The normalized spacial score (nSPS) is 14.7. The first-order valence-electron chi connectivity index (χ1n) is 10.5. The second-order valence-corrected chi connectivity index (χ2v) is 7.29. The molecule has 0 spiro atoms. The summed E-state index contributed by atoms with van der Waals surface area (Å²) >= 11 is 0. The molecule has 0 saturated carbocycles. The summed E-state index contributed by atoms with van der Waals surface area (Å²) in [6, 6.07) is 8.00. The van der Waals surface area contributed by atoms with Gasteiger partial charge in [0.2, 0.25) is 5.95 Å². The molecule has 0 aliphatic carbocycles. The quantitative estimate of drug-likeness (QED) is 0.776. The molecule has 0 bridgehead atoms. The lowest BCUT2D eigenvalue weighted by Gasteiger charge is -2.33. The van der Waals surface area contributed by atoms with Crippen molar-refractivity contribution in [3.8, 4) is 0 Å². The third-order valence-corrected chi connectivity index (χ3v) is 5.57. The van der Waals surface area contributed by atoms with Crippen molar-refractivity contribution in [2.24, 2.45) is 0 Å². The lowest BCUT2D eigenvalue weighted by molar-refractivity contribution is 0.0637. The Balaban J connectivity index is 1.71. The summed E-state index contributed by atoms with van der Waals surface area (Å²) in [5.41, 5.74) is 3.70. The van der Waals surface area contributed by atoms with Gasteiger partial charge in [0.15, 0.2) is 0 Å². The zero-order valence-electron chi connectivity index (χ0n) is 18.0. The van der Waals surface area contributed by atoms with Crippen molar-refractivity contribution in [2.45, 2.75) is 27.7 Å². The number of aromatic nitrogens is 2. The lowest BCUT2D eigenvalue weighted by Crippen LogP contribution is -2.48. The number of benzene rings is 1. The first-order chi connectivity index (χ1) is 14.0. The molecule has 156 valence electrons. The predicted molar refractivity (Wildman–Crippen MR) is 118 cm³/mol. The number of aryl methyl sites for hydroxylation is 1. The van der Waals surface area contributed by atoms with Gasteiger partial charge in [-0.05, 0) is 57.1 Å². The molecule has 7 heteroatoms. The summed E-state index contributed by atoms with van der Waals surface area (Å²) in [4.78, 5) is 28.2. The Morgan fingerprint density at radius 1 is 1.10 bits per heavy atom. The van der Waals surface area contributed by atoms with E-state index in [9.17, 15) is 4.79 Å². The third-order valence-electron chi connectivity index (χ3n) is 5.57. The molecule has 1 saturated heterocycles. The van der Waals surface area contributed by atoms with Crippen LogP contribution in [0.15, 0.2) is 30.5 Å². The number of nitrogens with zero attached hydrogens (tertiary/aromatic N) is 5. The Morgan fingerprint density at radius 2 is 1.83 bits per heavy atom. The van der Waals surface area contributed by atoms with Crippen molar-refractivity contribution < 1.29 is 4.79 Å². The van der Waals surface area contributed by atoms with Crippen LogP contribution in [0.3, 0.4) is 0 Å². The molecule has 1 fully saturated rings. The van der Waals surface area contributed by atoms with Crippen molar-refractivity contribution in [3.05, 3.63) is 41.7 Å². The van der Waals surface area contributed by atoms with Crippen LogP contribution >= 0.6 is 0 Å². The standard InChI is InChI=1S/C22H32N6O/c1-5-26-12-14-28(15-13-26)21(29)20-10-11-23-22(25-20)24-19-9-8-18(16-17(19)4)27(6-2)7-3/h8-11,16H,5-7,12-15H2,1-4H3,(H,23,24,25). The maximum absolute atomic E-state index is 12.8. The molecule has 1 aliphatic heterocycles. The van der Waals surface area contributed by atoms with E-state index < -0.39 is 0 Å². The van der Waals surface area contributed by atoms with E-state index in [-0.39, 0.29) is 5.91 Å². The number of nitrogens with one attached hydrogen (secondary N) is 1. The summed E-state index contributed by atoms with van der Waals surface area (Å²) in [6.45, 7) is 14.8. The second kappa shape index (κ2) is 9.69. The van der Waals surface area contributed by atoms with Gasteiger partial charge in [0.1, 0.15) is 5.69 Å². The van der Waals surface area contributed by atoms with E-state index in [4.69, 9.17) is 0 Å². The van der Waals surface area contributed by atoms with E-state index in [1.165, 1.54) is 5.69 Å². The highest BCUT2D eigenvalue weighted by atomic mass is 16.2. The summed E-state index contributed by atoms with van der Waals surface area (Å²) in [5.74, 6) is 0.418. The van der Waals surface area contributed by atoms with Crippen molar-refractivity contribution >= 4 is 23.2 Å². The molecule has 1 aliphatic rings. The van der Waals surface area contributed by atoms with Crippen LogP contribution < -0.4 is 10.2 Å². The lowest BCUT2D eigenvalue weighted by atomic mass is 10.1. The fourth-order valence-electron chi connectivity index (χ4n) is 3.66. The summed E-state index contributed by atoms with van der Waals surface area (Å²) in [5, 5.41) is 3.27. The van der Waals surface area contributed by atoms with Crippen molar-refractivity contribution in [2.75, 3.05) is 56.0 Å². The van der Waals surface area contributed by atoms with Gasteiger partial charge < -0.3 is 20.0 Å². The Kier molecular flexibility index (Phi) is 7.04. The van der Waals surface area contributed by atoms with Crippen LogP contribution in [0.4, 0.5) is 17.3 Å². The van der Waals surface area contributed by atoms with E-state index in [2.05, 4.69) is 64.9 Å². The topological polar surface area (TPSA) is 64.6 Å². The number of rotatable bonds is 7. The molecule has 1 aromatic carbocycles. The average Bonchev–Trinajstić information content (AvgIpc) is 2.76. The molecule has 1 aromatic heterocycles. The molecule has 0 radical (unpaired) electrons. The molecule has 3 rings (SSSR count). The van der Waals surface area contributed by atoms with Crippen LogP contribution in [0.2, 0.25) is 0 Å². The molecular formula is C22H32N6O. The molecule has 2 aromatic rings. The molecule has 0 unspecified atom stereocenters. The van der Waals surface area contributed by atoms with Crippen molar-refractivity contribution in [1.82, 2.24) is 19.8 Å². The summed E-state index contributed by atoms with van der Waals surface area (Å²) < 4.78 is 0. The molecule has 2 heterocycles. The molecular weight excluding hydrogens is 364 g/mol. The van der Waals surface area contributed by atoms with E-state index in [0.717, 1.165) is 57.1 Å². The number of amides is 1. The minimum atomic E-state index is -0.0280. The monoisotopic (exact) mass is 396 g/mol. The van der Waals surface area contributed by atoms with Crippen LogP contribution in [0.1, 0.15) is 36.8 Å². The summed E-state index contributed by atoms with van der Waals surface area (Å²) in [7, 11) is 0. The van der Waals surface area contributed by atoms with Gasteiger partial charge in [0, 0.05) is 56.8 Å². The van der Waals surface area contributed by atoms with Gasteiger partial charge in [-0.3, -0.25) is 4.79 Å². The van der Waals surface area contributed by atoms with E-state index in [1.54, 1.807) is 12.3 Å². The van der Waals surface area contributed by atoms with Gasteiger partial charge in [-0.2, -0.15) is 0 Å². The number of hydrogen-bond donors (Lipinski definition) is 1. The fourth-order valence-corrected chi connectivity index (χ4v) is 3.66. The molecule has 7 nitrogen and oxygen atoms in total. The predicted octanol–water partition coefficient (Wildman–Crippen LogP) is 3.15. The SMILES string of the molecule is CCN1CCN(C(=O)c2ccnc(Nc3ccc(N(CC)CC)cc3C)n2)CC1. The van der Waals surface area contributed by atoms with Gasteiger partial charge >= 0.3 is 0 Å². The summed E-state index contributed by atoms with van der Waals surface area (Å²) in [6.07, 6.45) is 1.64. The maximum atomic E-state index is 12.8. The Bertz CT molecular complexity index is 828. The second-order valence-electron chi connectivity index (χ2n) is 7.29. The molecule has 29 heavy (non-hydrogen) atoms. The highest BCUT2D eigenvalue weighted by Crippen LogP contribution is 2.24. The smallest absolute Gasteiger partial charge is 0.272 e. The number of carbonyl (C=O) groups is 1. The van der Waals surface area contributed by atoms with E-state index in [0.29, 0.717) is 11.6 Å². The molecule has 1 amide bonds. The van der Waals surface area contributed by atoms with Crippen molar-refractivity contribution in [3.63, 3.8) is 0 Å². The van der Waals surface area contributed by atoms with Gasteiger partial charge in [-0.25, -0.2) is 9.97 Å². The largest absolute Gasteiger partial charge is 0.372 e. The van der Waals surface area contributed by atoms with Crippen LogP contribution in [-0.2, 0) is 0 Å². The number of hydrogen-bond acceptors (Lipinski definition) is 6. The third kappa shape index (κ3) is 5.03. The highest BCUT2D eigenvalue weighted by molar-refractivity contribution is 5.92. The minimum absolute atomic E-state index is 0.0280. The fraction of sp³-hybridized carbons (Fsp3) is 0.500. The maximum Gasteiger partial charge on any atom is 0.272 e. The van der Waals surface area contributed by atoms with Gasteiger partial charge in [0.25, 0.3) is 5.91 Å². The molecule has 1 N–H and O–H groups in total. The van der Waals surface area contributed by atoms with Crippen LogP contribution in [0, 0.1) is 6.92 Å². The van der Waals surface area contributed by atoms with Gasteiger partial charge in [-0.15, -0.1) is 0 Å². The van der Waals surface area contributed by atoms with Crippen LogP contribution in [-0.4, -0.2) is 71.5 Å². The molecule has 0 atom stereocenters. The van der Waals surface area contributed by atoms with Crippen LogP contribution in [0.5, 0.6) is 0 Å². The Labute approximate surface area is 173 Å².